The molecule has 0 aliphatic carbocycles. The van der Waals surface area contributed by atoms with E-state index in [1.807, 2.05) is 25.4 Å². The maximum absolute atomic E-state index is 12.6. The minimum Gasteiger partial charge on any atom is -0.351 e. The number of hydrogen-bond donors (Lipinski definition) is 0. The van der Waals surface area contributed by atoms with E-state index in [0.717, 1.165) is 37.0 Å². The Hall–Kier alpha value is -2.39. The van der Waals surface area contributed by atoms with Crippen molar-refractivity contribution in [2.24, 2.45) is 13.0 Å². The monoisotopic (exact) mass is 360 g/mol. The van der Waals surface area contributed by atoms with E-state index in [1.165, 1.54) is 23.9 Å². The fourth-order valence-electron chi connectivity index (χ4n) is 4.21. The highest BCUT2D eigenvalue weighted by molar-refractivity contribution is 5.99. The van der Waals surface area contributed by atoms with Gasteiger partial charge in [-0.25, -0.2) is 0 Å². The second-order valence-corrected chi connectivity index (χ2v) is 7.87. The summed E-state index contributed by atoms with van der Waals surface area (Å²) in [5, 5.41) is 1.15. The highest BCUT2D eigenvalue weighted by Gasteiger charge is 2.20. The smallest absolute Gasteiger partial charge is 0.162 e. The molecule has 0 atom stereocenters. The third kappa shape index (κ3) is 4.30. The molecule has 3 heteroatoms. The van der Waals surface area contributed by atoms with Gasteiger partial charge < -0.3 is 4.57 Å². The second-order valence-electron chi connectivity index (χ2n) is 7.87. The molecule has 27 heavy (non-hydrogen) atoms. The number of benzene rings is 2. The first-order chi connectivity index (χ1) is 13.2. The predicted molar refractivity (Wildman–Crippen MR) is 111 cm³/mol. The molecule has 140 valence electrons. The number of likely N-dealkylation sites (tertiary alicyclic amines) is 1. The molecule has 2 aromatic carbocycles. The molecule has 1 saturated heterocycles. The van der Waals surface area contributed by atoms with Crippen LogP contribution in [0.3, 0.4) is 0 Å². The number of aromatic nitrogens is 1. The van der Waals surface area contributed by atoms with E-state index in [0.29, 0.717) is 12.3 Å². The van der Waals surface area contributed by atoms with Gasteiger partial charge in [-0.3, -0.25) is 9.69 Å². The van der Waals surface area contributed by atoms with Crippen molar-refractivity contribution in [1.29, 1.82) is 0 Å². The lowest BCUT2D eigenvalue weighted by molar-refractivity contribution is 0.0961. The van der Waals surface area contributed by atoms with E-state index in [1.54, 1.807) is 0 Å². The maximum Gasteiger partial charge on any atom is 0.162 e. The van der Waals surface area contributed by atoms with E-state index in [9.17, 15) is 4.79 Å². The normalized spacial score (nSPS) is 16.0. The molecule has 0 spiro atoms. The molecule has 0 bridgehead atoms. The first kappa shape index (κ1) is 18.0. The Morgan fingerprint density at radius 3 is 2.59 bits per heavy atom. The molecule has 0 N–H and O–H groups in total. The zero-order valence-corrected chi connectivity index (χ0v) is 16.1. The molecule has 2 heterocycles. The van der Waals surface area contributed by atoms with Crippen LogP contribution in [0.25, 0.3) is 10.9 Å². The summed E-state index contributed by atoms with van der Waals surface area (Å²) in [6.07, 6.45) is 6.14. The van der Waals surface area contributed by atoms with E-state index in [2.05, 4.69) is 51.9 Å². The molecular formula is C24H28N2O. The van der Waals surface area contributed by atoms with Gasteiger partial charge in [0.15, 0.2) is 5.78 Å². The van der Waals surface area contributed by atoms with Crippen molar-refractivity contribution in [3.05, 3.63) is 71.9 Å². The predicted octanol–water partition coefficient (Wildman–Crippen LogP) is 5.05. The van der Waals surface area contributed by atoms with Gasteiger partial charge in [0.25, 0.3) is 0 Å². The first-order valence-corrected chi connectivity index (χ1v) is 10.0. The van der Waals surface area contributed by atoms with E-state index < -0.39 is 0 Å². The van der Waals surface area contributed by atoms with Gasteiger partial charge in [-0.2, -0.15) is 0 Å². The number of rotatable bonds is 6. The summed E-state index contributed by atoms with van der Waals surface area (Å²) in [6.45, 7) is 3.33. The fourth-order valence-corrected chi connectivity index (χ4v) is 4.21. The Kier molecular flexibility index (Phi) is 5.40. The largest absolute Gasteiger partial charge is 0.351 e. The number of hydrogen-bond acceptors (Lipinski definition) is 2. The SMILES string of the molecule is Cn1ccc2cc(C(=O)CCC3CCN(Cc4ccccc4)CC3)ccc21. The van der Waals surface area contributed by atoms with Crippen LogP contribution < -0.4 is 0 Å². The summed E-state index contributed by atoms with van der Waals surface area (Å²) in [5.74, 6) is 0.967. The molecule has 0 radical (unpaired) electrons. The molecular weight excluding hydrogens is 332 g/mol. The molecule has 0 amide bonds. The van der Waals surface area contributed by atoms with E-state index >= 15 is 0 Å². The molecule has 1 fully saturated rings. The molecule has 1 aromatic heterocycles. The molecule has 4 rings (SSSR count). The lowest BCUT2D eigenvalue weighted by Crippen LogP contribution is -2.33. The van der Waals surface area contributed by atoms with Crippen LogP contribution in [0, 0.1) is 5.92 Å². The average molecular weight is 361 g/mol. The van der Waals surface area contributed by atoms with Crippen LogP contribution in [0.4, 0.5) is 0 Å². The van der Waals surface area contributed by atoms with Gasteiger partial charge in [-0.1, -0.05) is 30.3 Å². The number of piperidine rings is 1. The van der Waals surface area contributed by atoms with Gasteiger partial charge in [0, 0.05) is 42.7 Å². The zero-order chi connectivity index (χ0) is 18.6. The molecule has 3 nitrogen and oxygen atoms in total. The summed E-state index contributed by atoms with van der Waals surface area (Å²) in [6, 6.07) is 18.9. The lowest BCUT2D eigenvalue weighted by Gasteiger charge is -2.32. The van der Waals surface area contributed by atoms with Crippen molar-refractivity contribution < 1.29 is 4.79 Å². The summed E-state index contributed by atoms with van der Waals surface area (Å²) < 4.78 is 2.09. The Balaban J connectivity index is 1.26. The fraction of sp³-hybridized carbons (Fsp3) is 0.375. The standard InChI is InChI=1S/C24H28N2O/c1-25-14-13-21-17-22(8-9-23(21)25)24(27)10-7-19-11-15-26(16-12-19)18-20-5-3-2-4-6-20/h2-6,8-9,13-14,17,19H,7,10-12,15-16,18H2,1H3. The minimum absolute atomic E-state index is 0.285. The Morgan fingerprint density at radius 2 is 1.81 bits per heavy atom. The Bertz CT molecular complexity index is 905. The third-order valence-electron chi connectivity index (χ3n) is 5.94. The van der Waals surface area contributed by atoms with Crippen molar-refractivity contribution in [3.63, 3.8) is 0 Å². The van der Waals surface area contributed by atoms with Crippen LogP contribution >= 0.6 is 0 Å². The molecule has 0 unspecified atom stereocenters. The van der Waals surface area contributed by atoms with Crippen molar-refractivity contribution in [1.82, 2.24) is 9.47 Å². The molecule has 1 aliphatic heterocycles. The molecule has 3 aromatic rings. The average Bonchev–Trinajstić information content (AvgIpc) is 3.08. The highest BCUT2D eigenvalue weighted by Crippen LogP contribution is 2.25. The molecule has 0 saturated carbocycles. The summed E-state index contributed by atoms with van der Waals surface area (Å²) >= 11 is 0. The first-order valence-electron chi connectivity index (χ1n) is 10.0. The van der Waals surface area contributed by atoms with Gasteiger partial charge in [-0.15, -0.1) is 0 Å². The van der Waals surface area contributed by atoms with Gasteiger partial charge in [-0.05, 0) is 68.1 Å². The van der Waals surface area contributed by atoms with Crippen molar-refractivity contribution in [2.45, 2.75) is 32.2 Å². The van der Waals surface area contributed by atoms with Crippen molar-refractivity contribution in [3.8, 4) is 0 Å². The van der Waals surface area contributed by atoms with E-state index in [4.69, 9.17) is 0 Å². The van der Waals surface area contributed by atoms with Gasteiger partial charge in [0.2, 0.25) is 0 Å². The summed E-state index contributed by atoms with van der Waals surface area (Å²) in [4.78, 5) is 15.2. The van der Waals surface area contributed by atoms with Crippen LogP contribution in [0.5, 0.6) is 0 Å². The van der Waals surface area contributed by atoms with Crippen molar-refractivity contribution >= 4 is 16.7 Å². The van der Waals surface area contributed by atoms with E-state index in [-0.39, 0.29) is 5.78 Å². The molecule has 1 aliphatic rings. The lowest BCUT2D eigenvalue weighted by atomic mass is 9.90. The van der Waals surface area contributed by atoms with Crippen LogP contribution in [0.2, 0.25) is 0 Å². The summed E-state index contributed by atoms with van der Waals surface area (Å²) in [5.41, 5.74) is 3.43. The highest BCUT2D eigenvalue weighted by atomic mass is 16.1. The number of carbonyl (C=O) groups is 1. The maximum atomic E-state index is 12.6. The van der Waals surface area contributed by atoms with Crippen molar-refractivity contribution in [2.75, 3.05) is 13.1 Å². The third-order valence-corrected chi connectivity index (χ3v) is 5.94. The number of nitrogens with zero attached hydrogens (tertiary/aromatic N) is 2. The minimum atomic E-state index is 0.285. The van der Waals surface area contributed by atoms with Gasteiger partial charge in [0.05, 0.1) is 0 Å². The number of Topliss-reactive ketones (excluding diaryl/α,β-unsaturated/α-hetero) is 1. The number of carbonyl (C=O) groups excluding carboxylic acids is 1. The topological polar surface area (TPSA) is 25.2 Å². The van der Waals surface area contributed by atoms with Gasteiger partial charge >= 0.3 is 0 Å². The van der Waals surface area contributed by atoms with Crippen LogP contribution in [-0.4, -0.2) is 28.3 Å². The Morgan fingerprint density at radius 1 is 1.04 bits per heavy atom. The number of ketones is 1. The van der Waals surface area contributed by atoms with Crippen LogP contribution in [-0.2, 0) is 13.6 Å². The Labute approximate surface area is 161 Å². The second kappa shape index (κ2) is 8.10. The number of fused-ring (bicyclic) bond motifs is 1. The summed E-state index contributed by atoms with van der Waals surface area (Å²) in [7, 11) is 2.04. The zero-order valence-electron chi connectivity index (χ0n) is 16.1. The quantitative estimate of drug-likeness (QED) is 0.575. The van der Waals surface area contributed by atoms with Crippen LogP contribution in [0.15, 0.2) is 60.8 Å². The van der Waals surface area contributed by atoms with Crippen LogP contribution in [0.1, 0.15) is 41.6 Å². The number of aryl methyl sites for hydroxylation is 1. The van der Waals surface area contributed by atoms with Gasteiger partial charge in [0.1, 0.15) is 0 Å².